The summed E-state index contributed by atoms with van der Waals surface area (Å²) in [5, 5.41) is 8.83. The van der Waals surface area contributed by atoms with Crippen molar-refractivity contribution < 1.29 is 14.3 Å². The van der Waals surface area contributed by atoms with Gasteiger partial charge in [-0.2, -0.15) is 0 Å². The molecule has 168 valence electrons. The van der Waals surface area contributed by atoms with Crippen LogP contribution in [-0.2, 0) is 4.79 Å². The minimum absolute atomic E-state index is 0.0968. The molecule has 2 amide bonds. The first-order valence-electron chi connectivity index (χ1n) is 11.3. The van der Waals surface area contributed by atoms with Crippen LogP contribution in [0.15, 0.2) is 48.5 Å². The van der Waals surface area contributed by atoms with Gasteiger partial charge in [0.15, 0.2) is 0 Å². The van der Waals surface area contributed by atoms with Gasteiger partial charge in [-0.25, -0.2) is 0 Å². The van der Waals surface area contributed by atoms with E-state index in [4.69, 9.17) is 4.74 Å². The van der Waals surface area contributed by atoms with Crippen LogP contribution in [0.1, 0.15) is 62.7 Å². The highest BCUT2D eigenvalue weighted by atomic mass is 16.5. The average molecular weight is 426 g/mol. The fourth-order valence-corrected chi connectivity index (χ4v) is 2.99. The molecule has 0 saturated heterocycles. The van der Waals surface area contributed by atoms with Gasteiger partial charge in [-0.1, -0.05) is 45.6 Å². The Kier molecular flexibility index (Phi) is 11.0. The fraction of sp³-hybridized carbons (Fsp3) is 0.440. The molecule has 0 heterocycles. The van der Waals surface area contributed by atoms with Crippen molar-refractivity contribution in [3.05, 3.63) is 54.1 Å². The largest absolute Gasteiger partial charge is 0.494 e. The zero-order valence-corrected chi connectivity index (χ0v) is 18.7. The number of amides is 2. The van der Waals surface area contributed by atoms with Crippen molar-refractivity contribution in [3.8, 4) is 5.75 Å². The highest BCUT2D eigenvalue weighted by molar-refractivity contribution is 5.96. The summed E-state index contributed by atoms with van der Waals surface area (Å²) in [4.78, 5) is 24.3. The number of unbranched alkanes of at least 4 members (excludes halogenated alkanes) is 4. The van der Waals surface area contributed by atoms with Crippen molar-refractivity contribution in [1.29, 1.82) is 0 Å². The average Bonchev–Trinajstić information content (AvgIpc) is 2.78. The number of nitrogens with one attached hydrogen (secondary N) is 3. The first-order chi connectivity index (χ1) is 15.1. The Balaban J connectivity index is 1.75. The summed E-state index contributed by atoms with van der Waals surface area (Å²) < 4.78 is 5.78. The number of anilines is 2. The summed E-state index contributed by atoms with van der Waals surface area (Å²) in [5.74, 6) is 0.543. The lowest BCUT2D eigenvalue weighted by Crippen LogP contribution is -2.24. The normalized spacial score (nSPS) is 10.4. The predicted molar refractivity (Wildman–Crippen MR) is 127 cm³/mol. The maximum atomic E-state index is 12.3. The summed E-state index contributed by atoms with van der Waals surface area (Å²) in [6.45, 7) is 5.79. The second-order valence-electron chi connectivity index (χ2n) is 7.53. The molecule has 0 aliphatic heterocycles. The van der Waals surface area contributed by atoms with Gasteiger partial charge in [-0.15, -0.1) is 0 Å². The molecule has 31 heavy (non-hydrogen) atoms. The molecular weight excluding hydrogens is 390 g/mol. The smallest absolute Gasteiger partial charge is 0.251 e. The van der Waals surface area contributed by atoms with Crippen LogP contribution >= 0.6 is 0 Å². The minimum Gasteiger partial charge on any atom is -0.494 e. The van der Waals surface area contributed by atoms with Crippen molar-refractivity contribution in [1.82, 2.24) is 5.32 Å². The summed E-state index contributed by atoms with van der Waals surface area (Å²) in [7, 11) is 0. The Morgan fingerprint density at radius 2 is 1.65 bits per heavy atom. The van der Waals surface area contributed by atoms with Crippen LogP contribution in [0.4, 0.5) is 11.4 Å². The van der Waals surface area contributed by atoms with Crippen molar-refractivity contribution in [3.63, 3.8) is 0 Å². The number of carbonyl (C=O) groups is 2. The Morgan fingerprint density at radius 3 is 2.39 bits per heavy atom. The molecular formula is C25H35N3O3. The summed E-state index contributed by atoms with van der Waals surface area (Å²) >= 11 is 0. The van der Waals surface area contributed by atoms with Gasteiger partial charge in [0.1, 0.15) is 5.75 Å². The summed E-state index contributed by atoms with van der Waals surface area (Å²) in [6.07, 6.45) is 6.66. The molecule has 0 saturated carbocycles. The number of benzene rings is 2. The molecule has 0 radical (unpaired) electrons. The highest BCUT2D eigenvalue weighted by Gasteiger charge is 2.07. The van der Waals surface area contributed by atoms with Crippen molar-refractivity contribution in [2.75, 3.05) is 30.3 Å². The zero-order valence-electron chi connectivity index (χ0n) is 18.7. The van der Waals surface area contributed by atoms with E-state index in [1.54, 1.807) is 24.3 Å². The van der Waals surface area contributed by atoms with Gasteiger partial charge < -0.3 is 20.7 Å². The first-order valence-corrected chi connectivity index (χ1v) is 11.3. The molecule has 2 rings (SSSR count). The second kappa shape index (κ2) is 14.1. The molecule has 0 aliphatic rings. The lowest BCUT2D eigenvalue weighted by atomic mass is 10.2. The molecule has 6 nitrogen and oxygen atoms in total. The lowest BCUT2D eigenvalue weighted by Gasteiger charge is -2.11. The zero-order chi connectivity index (χ0) is 22.3. The van der Waals surface area contributed by atoms with Crippen LogP contribution in [-0.4, -0.2) is 31.5 Å². The van der Waals surface area contributed by atoms with Crippen LogP contribution in [0.25, 0.3) is 0 Å². The van der Waals surface area contributed by atoms with Crippen molar-refractivity contribution >= 4 is 23.2 Å². The number of hydrogen-bond donors (Lipinski definition) is 3. The van der Waals surface area contributed by atoms with Crippen LogP contribution in [0.3, 0.4) is 0 Å². The number of rotatable bonds is 14. The third-order valence-corrected chi connectivity index (χ3v) is 4.80. The van der Waals surface area contributed by atoms with E-state index in [1.807, 2.05) is 24.3 Å². The maximum Gasteiger partial charge on any atom is 0.251 e. The van der Waals surface area contributed by atoms with E-state index in [2.05, 4.69) is 29.8 Å². The third kappa shape index (κ3) is 9.55. The fourth-order valence-electron chi connectivity index (χ4n) is 2.99. The standard InChI is InChI=1S/C25H35N3O3/c1-3-5-7-8-17-31-23-11-9-10-22(18-23)27-19-24(29)28-21-14-12-20(13-15-21)25(30)26-16-6-4-2/h9-15,18,27H,3-8,16-17,19H2,1-2H3,(H,26,30)(H,28,29). The Labute approximate surface area is 185 Å². The van der Waals surface area contributed by atoms with E-state index < -0.39 is 0 Å². The first kappa shape index (κ1) is 24.3. The van der Waals surface area contributed by atoms with E-state index in [1.165, 1.54) is 19.3 Å². The van der Waals surface area contributed by atoms with Crippen LogP contribution < -0.4 is 20.7 Å². The van der Waals surface area contributed by atoms with E-state index in [0.29, 0.717) is 24.4 Å². The molecule has 2 aromatic rings. The highest BCUT2D eigenvalue weighted by Crippen LogP contribution is 2.18. The summed E-state index contributed by atoms with van der Waals surface area (Å²) in [6, 6.07) is 14.5. The molecule has 0 aliphatic carbocycles. The Bertz CT molecular complexity index is 806. The number of ether oxygens (including phenoxy) is 1. The van der Waals surface area contributed by atoms with Crippen LogP contribution in [0.2, 0.25) is 0 Å². The van der Waals surface area contributed by atoms with Crippen molar-refractivity contribution in [2.45, 2.75) is 52.4 Å². The number of carbonyl (C=O) groups excluding carboxylic acids is 2. The molecule has 6 heteroatoms. The predicted octanol–water partition coefficient (Wildman–Crippen LogP) is 5.23. The topological polar surface area (TPSA) is 79.5 Å². The monoisotopic (exact) mass is 425 g/mol. The SMILES string of the molecule is CCCCCCOc1cccc(NCC(=O)Nc2ccc(C(=O)NCCCC)cc2)c1. The van der Waals surface area contributed by atoms with Gasteiger partial charge in [0, 0.05) is 29.5 Å². The minimum atomic E-state index is -0.161. The van der Waals surface area contributed by atoms with E-state index in [0.717, 1.165) is 30.7 Å². The molecule has 2 aromatic carbocycles. The molecule has 0 bridgehead atoms. The molecule has 0 unspecified atom stereocenters. The van der Waals surface area contributed by atoms with Gasteiger partial charge >= 0.3 is 0 Å². The Morgan fingerprint density at radius 1 is 0.871 bits per heavy atom. The van der Waals surface area contributed by atoms with E-state index in [-0.39, 0.29) is 18.4 Å². The van der Waals surface area contributed by atoms with E-state index >= 15 is 0 Å². The molecule has 0 fully saturated rings. The van der Waals surface area contributed by atoms with Gasteiger partial charge in [0.05, 0.1) is 13.2 Å². The van der Waals surface area contributed by atoms with Crippen molar-refractivity contribution in [2.24, 2.45) is 0 Å². The van der Waals surface area contributed by atoms with Gasteiger partial charge in [-0.3, -0.25) is 9.59 Å². The lowest BCUT2D eigenvalue weighted by molar-refractivity contribution is -0.114. The van der Waals surface area contributed by atoms with Gasteiger partial charge in [0.25, 0.3) is 5.91 Å². The number of hydrogen-bond acceptors (Lipinski definition) is 4. The molecule has 0 spiro atoms. The van der Waals surface area contributed by atoms with E-state index in [9.17, 15) is 9.59 Å². The summed E-state index contributed by atoms with van der Waals surface area (Å²) in [5.41, 5.74) is 2.07. The molecule has 0 atom stereocenters. The molecule has 0 aromatic heterocycles. The maximum absolute atomic E-state index is 12.3. The van der Waals surface area contributed by atoms with Crippen LogP contribution in [0, 0.1) is 0 Å². The van der Waals surface area contributed by atoms with Crippen LogP contribution in [0.5, 0.6) is 5.75 Å². The quantitative estimate of drug-likeness (QED) is 0.362. The molecule has 3 N–H and O–H groups in total. The van der Waals surface area contributed by atoms with Gasteiger partial charge in [-0.05, 0) is 49.2 Å². The van der Waals surface area contributed by atoms with Gasteiger partial charge in [0.2, 0.25) is 5.91 Å². The second-order valence-corrected chi connectivity index (χ2v) is 7.53. The third-order valence-electron chi connectivity index (χ3n) is 4.80. The Hall–Kier alpha value is -3.02.